The van der Waals surface area contributed by atoms with Crippen LogP contribution in [0.1, 0.15) is 45.9 Å². The van der Waals surface area contributed by atoms with Crippen molar-refractivity contribution in [2.75, 3.05) is 0 Å². The molecule has 0 unspecified atom stereocenters. The number of carbonyl (C=O) groups excluding carboxylic acids is 2. The number of nitrogens with zero attached hydrogens (tertiary/aromatic N) is 1. The van der Waals surface area contributed by atoms with E-state index >= 15 is 0 Å². The second-order valence-electron chi connectivity index (χ2n) is 6.80. The third kappa shape index (κ3) is 5.42. The molecule has 0 radical (unpaired) electrons. The third-order valence-electron chi connectivity index (χ3n) is 4.02. The molecule has 0 spiro atoms. The Hall–Kier alpha value is -3.67. The first kappa shape index (κ1) is 20.1. The van der Waals surface area contributed by atoms with E-state index < -0.39 is 0 Å². The van der Waals surface area contributed by atoms with Crippen LogP contribution in [0, 0.1) is 6.92 Å². The van der Waals surface area contributed by atoms with Crippen molar-refractivity contribution in [1.29, 1.82) is 0 Å². The normalized spacial score (nSPS) is 11.0. The molecule has 1 N–H and O–H groups in total. The lowest BCUT2D eigenvalue weighted by Crippen LogP contribution is -2.17. The molecule has 1 aromatic heterocycles. The van der Waals surface area contributed by atoms with E-state index in [9.17, 15) is 9.59 Å². The molecule has 0 aliphatic rings. The maximum Gasteiger partial charge on any atom is 0.338 e. The van der Waals surface area contributed by atoms with Crippen molar-refractivity contribution in [1.82, 2.24) is 5.43 Å². The average Bonchev–Trinajstić information content (AvgIpc) is 3.17. The van der Waals surface area contributed by atoms with E-state index in [0.29, 0.717) is 22.6 Å². The van der Waals surface area contributed by atoms with Gasteiger partial charge in [0.25, 0.3) is 5.91 Å². The summed E-state index contributed by atoms with van der Waals surface area (Å²) in [6.07, 6.45) is 1.24. The monoisotopic (exact) mass is 390 g/mol. The fourth-order valence-corrected chi connectivity index (χ4v) is 2.58. The molecule has 0 aliphatic carbocycles. The summed E-state index contributed by atoms with van der Waals surface area (Å²) in [7, 11) is 0. The highest BCUT2D eigenvalue weighted by Crippen LogP contribution is 2.23. The van der Waals surface area contributed by atoms with Crippen LogP contribution >= 0.6 is 0 Å². The fraction of sp³-hybridized carbons (Fsp3) is 0.174. The van der Waals surface area contributed by atoms with Crippen LogP contribution in [0.3, 0.4) is 0 Å². The summed E-state index contributed by atoms with van der Waals surface area (Å²) < 4.78 is 11.0. The summed E-state index contributed by atoms with van der Waals surface area (Å²) in [6, 6.07) is 17.7. The molecule has 1 amide bonds. The van der Waals surface area contributed by atoms with Crippen molar-refractivity contribution in [2.45, 2.75) is 26.9 Å². The Morgan fingerprint density at radius 1 is 1.03 bits per heavy atom. The number of amides is 1. The number of furan rings is 1. The summed E-state index contributed by atoms with van der Waals surface area (Å²) in [4.78, 5) is 24.1. The van der Waals surface area contributed by atoms with Crippen molar-refractivity contribution in [3.8, 4) is 11.3 Å². The van der Waals surface area contributed by atoms with Gasteiger partial charge in [-0.3, -0.25) is 4.79 Å². The number of nitrogens with one attached hydrogen (secondary N) is 1. The lowest BCUT2D eigenvalue weighted by atomic mass is 10.1. The maximum absolute atomic E-state index is 12.1. The van der Waals surface area contributed by atoms with Crippen LogP contribution in [0.5, 0.6) is 0 Å². The number of hydrazone groups is 1. The van der Waals surface area contributed by atoms with Crippen LogP contribution < -0.4 is 5.43 Å². The summed E-state index contributed by atoms with van der Waals surface area (Å²) in [6.45, 7) is 5.56. The molecule has 0 fully saturated rings. The number of esters is 1. The van der Waals surface area contributed by atoms with E-state index in [1.54, 1.807) is 56.3 Å². The fourth-order valence-electron chi connectivity index (χ4n) is 2.58. The SMILES string of the molecule is Cc1ccc(C(=O)N/N=C\c2ccc(-c3cccc(C(=O)OC(C)C)c3)o2)cc1. The van der Waals surface area contributed by atoms with Crippen molar-refractivity contribution >= 4 is 18.1 Å². The Balaban J connectivity index is 1.66. The van der Waals surface area contributed by atoms with Crippen molar-refractivity contribution in [2.24, 2.45) is 5.10 Å². The number of hydrogen-bond acceptors (Lipinski definition) is 5. The number of benzene rings is 2. The van der Waals surface area contributed by atoms with Gasteiger partial charge in [-0.1, -0.05) is 29.8 Å². The molecule has 1 heterocycles. The number of carbonyl (C=O) groups is 2. The highest BCUT2D eigenvalue weighted by Gasteiger charge is 2.12. The second kappa shape index (κ2) is 9.01. The van der Waals surface area contributed by atoms with Gasteiger partial charge in [0.15, 0.2) is 0 Å². The van der Waals surface area contributed by atoms with E-state index in [1.165, 1.54) is 6.21 Å². The van der Waals surface area contributed by atoms with Gasteiger partial charge in [-0.15, -0.1) is 0 Å². The molecule has 0 atom stereocenters. The Kier molecular flexibility index (Phi) is 6.24. The van der Waals surface area contributed by atoms with Crippen LogP contribution in [-0.2, 0) is 4.74 Å². The van der Waals surface area contributed by atoms with Gasteiger partial charge in [0, 0.05) is 11.1 Å². The Labute approximate surface area is 169 Å². The van der Waals surface area contributed by atoms with Crippen LogP contribution in [0.15, 0.2) is 70.2 Å². The van der Waals surface area contributed by atoms with E-state index in [-0.39, 0.29) is 18.0 Å². The minimum atomic E-state index is -0.381. The quantitative estimate of drug-likeness (QED) is 0.379. The molecular weight excluding hydrogens is 368 g/mol. The minimum Gasteiger partial charge on any atom is -0.459 e. The lowest BCUT2D eigenvalue weighted by Gasteiger charge is -2.08. The summed E-state index contributed by atoms with van der Waals surface area (Å²) in [5.41, 5.74) is 5.27. The first-order chi connectivity index (χ1) is 13.9. The largest absolute Gasteiger partial charge is 0.459 e. The van der Waals surface area contributed by atoms with Crippen LogP contribution in [0.25, 0.3) is 11.3 Å². The maximum atomic E-state index is 12.1. The van der Waals surface area contributed by atoms with Crippen LogP contribution in [0.4, 0.5) is 0 Å². The highest BCUT2D eigenvalue weighted by atomic mass is 16.5. The average molecular weight is 390 g/mol. The van der Waals surface area contributed by atoms with E-state index in [1.807, 2.05) is 25.1 Å². The van der Waals surface area contributed by atoms with Gasteiger partial charge in [0.05, 0.1) is 17.9 Å². The zero-order chi connectivity index (χ0) is 20.8. The summed E-state index contributed by atoms with van der Waals surface area (Å²) in [5.74, 6) is 0.369. The number of ether oxygens (including phenoxy) is 1. The predicted octanol–water partition coefficient (Wildman–Crippen LogP) is 4.58. The lowest BCUT2D eigenvalue weighted by molar-refractivity contribution is 0.0378. The molecule has 3 rings (SSSR count). The summed E-state index contributed by atoms with van der Waals surface area (Å²) in [5, 5.41) is 3.93. The zero-order valence-electron chi connectivity index (χ0n) is 16.5. The number of aryl methyl sites for hydroxylation is 1. The zero-order valence-corrected chi connectivity index (χ0v) is 16.5. The van der Waals surface area contributed by atoms with Gasteiger partial charge in [0.2, 0.25) is 0 Å². The van der Waals surface area contributed by atoms with Gasteiger partial charge in [-0.2, -0.15) is 5.10 Å². The third-order valence-corrected chi connectivity index (χ3v) is 4.02. The van der Waals surface area contributed by atoms with Crippen LogP contribution in [-0.4, -0.2) is 24.2 Å². The van der Waals surface area contributed by atoms with Crippen molar-refractivity contribution in [3.05, 3.63) is 83.1 Å². The highest BCUT2D eigenvalue weighted by molar-refractivity contribution is 5.94. The Bertz CT molecular complexity index is 1030. The molecule has 0 aliphatic heterocycles. The molecule has 29 heavy (non-hydrogen) atoms. The number of rotatable bonds is 6. The van der Waals surface area contributed by atoms with Crippen LogP contribution in [0.2, 0.25) is 0 Å². The topological polar surface area (TPSA) is 80.9 Å². The first-order valence-electron chi connectivity index (χ1n) is 9.23. The van der Waals surface area contributed by atoms with Gasteiger partial charge in [-0.25, -0.2) is 10.2 Å². The van der Waals surface area contributed by atoms with Crippen molar-refractivity contribution < 1.29 is 18.7 Å². The first-order valence-corrected chi connectivity index (χ1v) is 9.23. The van der Waals surface area contributed by atoms with E-state index in [2.05, 4.69) is 10.5 Å². The molecule has 2 aromatic carbocycles. The molecule has 6 heteroatoms. The Morgan fingerprint density at radius 3 is 2.52 bits per heavy atom. The van der Waals surface area contributed by atoms with E-state index in [4.69, 9.17) is 9.15 Å². The molecule has 148 valence electrons. The van der Waals surface area contributed by atoms with E-state index in [0.717, 1.165) is 11.1 Å². The predicted molar refractivity (Wildman–Crippen MR) is 111 cm³/mol. The van der Waals surface area contributed by atoms with Gasteiger partial charge in [0.1, 0.15) is 11.5 Å². The smallest absolute Gasteiger partial charge is 0.338 e. The Morgan fingerprint density at radius 2 is 1.79 bits per heavy atom. The molecule has 0 bridgehead atoms. The molecule has 0 saturated heterocycles. The molecule has 0 saturated carbocycles. The second-order valence-corrected chi connectivity index (χ2v) is 6.80. The minimum absolute atomic E-state index is 0.187. The molecular formula is C23H22N2O4. The molecule has 6 nitrogen and oxygen atoms in total. The van der Waals surface area contributed by atoms with Crippen molar-refractivity contribution in [3.63, 3.8) is 0 Å². The van der Waals surface area contributed by atoms with Gasteiger partial charge < -0.3 is 9.15 Å². The standard InChI is InChI=1S/C23H22N2O4/c1-15(2)28-23(27)19-6-4-5-18(13-19)21-12-11-20(29-21)14-24-25-22(26)17-9-7-16(3)8-10-17/h4-15H,1-3H3,(H,25,26)/b24-14-. The number of hydrogen-bond donors (Lipinski definition) is 1. The summed E-state index contributed by atoms with van der Waals surface area (Å²) >= 11 is 0. The van der Waals surface area contributed by atoms with Gasteiger partial charge in [-0.05, 0) is 57.2 Å². The molecule has 3 aromatic rings. The van der Waals surface area contributed by atoms with Gasteiger partial charge >= 0.3 is 5.97 Å².